The van der Waals surface area contributed by atoms with Crippen LogP contribution in [0.2, 0.25) is 0 Å². The van der Waals surface area contributed by atoms with Gasteiger partial charge in [0, 0.05) is 12.1 Å². The summed E-state index contributed by atoms with van der Waals surface area (Å²) in [7, 11) is 0. The molecule has 3 nitrogen and oxygen atoms in total. The van der Waals surface area contributed by atoms with Crippen molar-refractivity contribution >= 4 is 11.5 Å². The van der Waals surface area contributed by atoms with Gasteiger partial charge in [-0.15, -0.1) is 0 Å². The Kier molecular flexibility index (Phi) is 4.67. The molecule has 3 heteroatoms. The average Bonchev–Trinajstić information content (AvgIpc) is 3.48. The molecule has 0 heterocycles. The lowest BCUT2D eigenvalue weighted by Crippen LogP contribution is -2.34. The zero-order valence-electron chi connectivity index (χ0n) is 17.0. The quantitative estimate of drug-likeness (QED) is 0.713. The van der Waals surface area contributed by atoms with Crippen molar-refractivity contribution in [1.29, 1.82) is 0 Å². The summed E-state index contributed by atoms with van der Waals surface area (Å²) in [6, 6.07) is 12.8. The van der Waals surface area contributed by atoms with E-state index in [0.29, 0.717) is 17.6 Å². The SMILES string of the molecule is C=C(c1ccc(C(=O)O)cc1)c1cc2c(cc1C)C(C)(C)CCC2NC1CC1. The molecule has 0 bridgehead atoms. The first-order valence-electron chi connectivity index (χ1n) is 10.2. The molecule has 146 valence electrons. The molecule has 4 rings (SSSR count). The van der Waals surface area contributed by atoms with E-state index in [9.17, 15) is 4.79 Å². The molecule has 0 amide bonds. The summed E-state index contributed by atoms with van der Waals surface area (Å²) in [5, 5.41) is 13.0. The molecule has 28 heavy (non-hydrogen) atoms. The zero-order chi connectivity index (χ0) is 20.1. The maximum absolute atomic E-state index is 11.1. The second kappa shape index (κ2) is 6.89. The van der Waals surface area contributed by atoms with Crippen LogP contribution in [0.25, 0.3) is 5.57 Å². The molecule has 0 aliphatic heterocycles. The highest BCUT2D eigenvalue weighted by molar-refractivity contribution is 5.89. The van der Waals surface area contributed by atoms with Crippen LogP contribution >= 0.6 is 0 Å². The van der Waals surface area contributed by atoms with Crippen molar-refractivity contribution in [1.82, 2.24) is 5.32 Å². The summed E-state index contributed by atoms with van der Waals surface area (Å²) in [4.78, 5) is 11.1. The van der Waals surface area contributed by atoms with E-state index < -0.39 is 5.97 Å². The van der Waals surface area contributed by atoms with E-state index in [4.69, 9.17) is 5.11 Å². The number of carboxylic acids is 1. The monoisotopic (exact) mass is 375 g/mol. The number of nitrogens with one attached hydrogen (secondary N) is 1. The maximum Gasteiger partial charge on any atom is 0.335 e. The van der Waals surface area contributed by atoms with Gasteiger partial charge in [-0.25, -0.2) is 4.79 Å². The minimum Gasteiger partial charge on any atom is -0.478 e. The lowest BCUT2D eigenvalue weighted by molar-refractivity contribution is 0.0697. The Labute approximate surface area is 167 Å². The molecule has 2 N–H and O–H groups in total. The number of carboxylic acid groups (broad SMARTS) is 1. The first-order chi connectivity index (χ1) is 13.3. The Balaban J connectivity index is 1.73. The molecule has 0 aromatic heterocycles. The highest BCUT2D eigenvalue weighted by Crippen LogP contribution is 2.44. The van der Waals surface area contributed by atoms with Crippen molar-refractivity contribution < 1.29 is 9.90 Å². The lowest BCUT2D eigenvalue weighted by atomic mass is 9.69. The predicted octanol–water partition coefficient (Wildman–Crippen LogP) is 5.62. The van der Waals surface area contributed by atoms with Crippen molar-refractivity contribution in [2.24, 2.45) is 0 Å². The van der Waals surface area contributed by atoms with Gasteiger partial charge in [0.05, 0.1) is 5.56 Å². The fourth-order valence-electron chi connectivity index (χ4n) is 4.40. The largest absolute Gasteiger partial charge is 0.478 e. The maximum atomic E-state index is 11.1. The summed E-state index contributed by atoms with van der Waals surface area (Å²) in [6.07, 6.45) is 4.94. The molecular weight excluding hydrogens is 346 g/mol. The highest BCUT2D eigenvalue weighted by atomic mass is 16.4. The third kappa shape index (κ3) is 3.51. The van der Waals surface area contributed by atoms with Crippen LogP contribution in [-0.2, 0) is 5.41 Å². The molecule has 2 aromatic rings. The van der Waals surface area contributed by atoms with Crippen LogP contribution < -0.4 is 5.32 Å². The number of hydrogen-bond donors (Lipinski definition) is 2. The van der Waals surface area contributed by atoms with Crippen LogP contribution in [0.15, 0.2) is 43.0 Å². The standard InChI is InChI=1S/C25H29NO2/c1-15-13-22-21(23(26-19-9-10-19)11-12-25(22,3)4)14-20(15)16(2)17-5-7-18(8-6-17)24(27)28/h5-8,13-14,19,23,26H,2,9-12H2,1,3-4H3,(H,27,28). The smallest absolute Gasteiger partial charge is 0.335 e. The van der Waals surface area contributed by atoms with Crippen LogP contribution in [-0.4, -0.2) is 17.1 Å². The van der Waals surface area contributed by atoms with Crippen LogP contribution in [0.5, 0.6) is 0 Å². The minimum absolute atomic E-state index is 0.185. The summed E-state index contributed by atoms with van der Waals surface area (Å²) < 4.78 is 0. The van der Waals surface area contributed by atoms with Crippen molar-refractivity contribution in [3.8, 4) is 0 Å². The second-order valence-corrected chi connectivity index (χ2v) is 9.03. The Morgan fingerprint density at radius 1 is 1.11 bits per heavy atom. The molecule has 0 radical (unpaired) electrons. The van der Waals surface area contributed by atoms with Gasteiger partial charge in [-0.3, -0.25) is 0 Å². The average molecular weight is 376 g/mol. The molecule has 0 spiro atoms. The van der Waals surface area contributed by atoms with Crippen molar-refractivity contribution in [3.63, 3.8) is 0 Å². The fraction of sp³-hybridized carbons (Fsp3) is 0.400. The Morgan fingerprint density at radius 2 is 1.75 bits per heavy atom. The van der Waals surface area contributed by atoms with Crippen molar-refractivity contribution in [2.75, 3.05) is 0 Å². The molecule has 2 aliphatic carbocycles. The highest BCUT2D eigenvalue weighted by Gasteiger charge is 2.35. The number of rotatable bonds is 5. The third-order valence-electron chi connectivity index (χ3n) is 6.38. The van der Waals surface area contributed by atoms with Crippen molar-refractivity contribution in [2.45, 2.75) is 64.0 Å². The van der Waals surface area contributed by atoms with Gasteiger partial charge in [-0.1, -0.05) is 38.6 Å². The topological polar surface area (TPSA) is 49.3 Å². The van der Waals surface area contributed by atoms with Crippen LogP contribution in [0, 0.1) is 6.92 Å². The van der Waals surface area contributed by atoms with Gasteiger partial charge in [0.15, 0.2) is 0 Å². The number of aromatic carboxylic acids is 1. The molecule has 1 atom stereocenters. The Hall–Kier alpha value is -2.39. The molecule has 1 fully saturated rings. The number of aryl methyl sites for hydroxylation is 1. The van der Waals surface area contributed by atoms with E-state index in [1.165, 1.54) is 42.4 Å². The second-order valence-electron chi connectivity index (χ2n) is 9.03. The normalized spacial score (nSPS) is 20.5. The van der Waals surface area contributed by atoms with Gasteiger partial charge in [0.1, 0.15) is 0 Å². The molecule has 2 aromatic carbocycles. The van der Waals surface area contributed by atoms with E-state index >= 15 is 0 Å². The third-order valence-corrected chi connectivity index (χ3v) is 6.38. The van der Waals surface area contributed by atoms with E-state index in [1.807, 2.05) is 12.1 Å². The summed E-state index contributed by atoms with van der Waals surface area (Å²) >= 11 is 0. The van der Waals surface area contributed by atoms with Crippen molar-refractivity contribution in [3.05, 3.63) is 76.4 Å². The van der Waals surface area contributed by atoms with Gasteiger partial charge < -0.3 is 10.4 Å². The van der Waals surface area contributed by atoms with E-state index in [2.05, 4.69) is 44.8 Å². The zero-order valence-corrected chi connectivity index (χ0v) is 17.0. The fourth-order valence-corrected chi connectivity index (χ4v) is 4.40. The van der Waals surface area contributed by atoms with Gasteiger partial charge in [-0.05, 0) is 89.6 Å². The van der Waals surface area contributed by atoms with Crippen LogP contribution in [0.1, 0.15) is 83.7 Å². The van der Waals surface area contributed by atoms with Crippen LogP contribution in [0.4, 0.5) is 0 Å². The van der Waals surface area contributed by atoms with E-state index in [-0.39, 0.29) is 5.41 Å². The molecule has 1 unspecified atom stereocenters. The van der Waals surface area contributed by atoms with Gasteiger partial charge in [0.25, 0.3) is 0 Å². The lowest BCUT2D eigenvalue weighted by Gasteiger charge is -2.38. The van der Waals surface area contributed by atoms with Crippen LogP contribution in [0.3, 0.4) is 0 Å². The van der Waals surface area contributed by atoms with E-state index in [0.717, 1.165) is 16.7 Å². The summed E-state index contributed by atoms with van der Waals surface area (Å²) in [5.74, 6) is -0.904. The van der Waals surface area contributed by atoms with Gasteiger partial charge in [0.2, 0.25) is 0 Å². The number of hydrogen-bond acceptors (Lipinski definition) is 2. The van der Waals surface area contributed by atoms with Gasteiger partial charge in [-0.2, -0.15) is 0 Å². The Morgan fingerprint density at radius 3 is 2.36 bits per heavy atom. The first-order valence-corrected chi connectivity index (χ1v) is 10.2. The summed E-state index contributed by atoms with van der Waals surface area (Å²) in [5.41, 5.74) is 7.65. The molecule has 0 saturated heterocycles. The molecule has 2 aliphatic rings. The minimum atomic E-state index is -0.904. The number of benzene rings is 2. The predicted molar refractivity (Wildman–Crippen MR) is 114 cm³/mol. The molecular formula is C25H29NO2. The van der Waals surface area contributed by atoms with E-state index in [1.54, 1.807) is 12.1 Å². The Bertz CT molecular complexity index is 936. The molecule has 1 saturated carbocycles. The van der Waals surface area contributed by atoms with Gasteiger partial charge >= 0.3 is 5.97 Å². The number of fused-ring (bicyclic) bond motifs is 1. The first kappa shape index (κ1) is 18.9. The number of carbonyl (C=O) groups is 1. The summed E-state index contributed by atoms with van der Waals surface area (Å²) in [6.45, 7) is 11.2.